The minimum Gasteiger partial charge on any atom is -0.388 e. The molecule has 0 spiro atoms. The van der Waals surface area contributed by atoms with E-state index in [1.165, 1.54) is 25.2 Å². The van der Waals surface area contributed by atoms with Crippen LogP contribution >= 0.6 is 0 Å². The molecule has 72 valence electrons. The molecule has 13 heavy (non-hydrogen) atoms. The Labute approximate surface area is 77.0 Å². The summed E-state index contributed by atoms with van der Waals surface area (Å²) >= 11 is 0. The maximum Gasteiger partial charge on any atom is 0.274 e. The zero-order chi connectivity index (χ0) is 10.4. The fraction of sp³-hybridized carbons (Fsp3) is 0.333. The lowest BCUT2D eigenvalue weighted by Crippen LogP contribution is -2.12. The van der Waals surface area contributed by atoms with Crippen molar-refractivity contribution in [1.29, 1.82) is 0 Å². The van der Waals surface area contributed by atoms with Gasteiger partial charge in [-0.25, -0.2) is 0 Å². The lowest BCUT2D eigenvalue weighted by molar-refractivity contribution is -0.421. The van der Waals surface area contributed by atoms with Crippen molar-refractivity contribution in [3.63, 3.8) is 0 Å². The van der Waals surface area contributed by atoms with Gasteiger partial charge in [0, 0.05) is 6.08 Å². The topological polar surface area (TPSA) is 63.4 Å². The van der Waals surface area contributed by atoms with Crippen LogP contribution in [0, 0.1) is 10.1 Å². The lowest BCUT2D eigenvalue weighted by Gasteiger charge is -2.06. The van der Waals surface area contributed by atoms with Crippen LogP contribution in [0.15, 0.2) is 36.1 Å². The van der Waals surface area contributed by atoms with Crippen molar-refractivity contribution < 1.29 is 10.0 Å². The van der Waals surface area contributed by atoms with E-state index in [1.54, 1.807) is 6.92 Å². The number of nitro groups is 1. The molecule has 0 aromatic heterocycles. The molecule has 4 heteroatoms. The van der Waals surface area contributed by atoms with E-state index in [9.17, 15) is 15.2 Å². The van der Waals surface area contributed by atoms with Crippen LogP contribution in [0.1, 0.15) is 13.8 Å². The Bertz CT molecular complexity index is 264. The molecule has 0 fully saturated rings. The van der Waals surface area contributed by atoms with E-state index in [-0.39, 0.29) is 5.70 Å². The third kappa shape index (κ3) is 3.21. The van der Waals surface area contributed by atoms with Gasteiger partial charge in [-0.3, -0.25) is 10.1 Å². The van der Waals surface area contributed by atoms with E-state index in [2.05, 4.69) is 6.58 Å². The Hall–Kier alpha value is -1.42. The molecule has 0 saturated heterocycles. The first-order valence-electron chi connectivity index (χ1n) is 3.86. The Morgan fingerprint density at radius 2 is 2.23 bits per heavy atom. The summed E-state index contributed by atoms with van der Waals surface area (Å²) in [6.45, 7) is 6.49. The zero-order valence-corrected chi connectivity index (χ0v) is 7.73. The number of aliphatic hydroxyl groups excluding tert-OH is 1. The standard InChI is InChI=1S/C9H13NO3/c1-4-6-9(10(12)13)8(5-2)7(3)11/h4-7,11H,1H2,2-3H3/b8-5-,9-6+. The molecule has 0 aliphatic rings. The van der Waals surface area contributed by atoms with E-state index in [0.29, 0.717) is 5.57 Å². The summed E-state index contributed by atoms with van der Waals surface area (Å²) in [5.74, 6) is 0. The molecule has 0 rings (SSSR count). The third-order valence-corrected chi connectivity index (χ3v) is 1.53. The smallest absolute Gasteiger partial charge is 0.274 e. The summed E-state index contributed by atoms with van der Waals surface area (Å²) in [5, 5.41) is 19.7. The van der Waals surface area contributed by atoms with Gasteiger partial charge in [0.05, 0.1) is 16.6 Å². The first-order chi connectivity index (χ1) is 6.04. The molecule has 0 aromatic rings. The summed E-state index contributed by atoms with van der Waals surface area (Å²) in [7, 11) is 0. The predicted octanol–water partition coefficient (Wildman–Crippen LogP) is 1.66. The van der Waals surface area contributed by atoms with Gasteiger partial charge in [0.25, 0.3) is 5.70 Å². The molecule has 1 N–H and O–H groups in total. The van der Waals surface area contributed by atoms with Crippen LogP contribution in [0.5, 0.6) is 0 Å². The SMILES string of the molecule is C=C/C=C(\C(=C/C)C(C)O)[N+](=O)[O-]. The maximum atomic E-state index is 10.5. The molecule has 0 saturated carbocycles. The predicted molar refractivity (Wildman–Crippen MR) is 50.7 cm³/mol. The molecule has 0 radical (unpaired) electrons. The summed E-state index contributed by atoms with van der Waals surface area (Å²) < 4.78 is 0. The second-order valence-electron chi connectivity index (χ2n) is 2.46. The van der Waals surface area contributed by atoms with Crippen molar-refractivity contribution in [1.82, 2.24) is 0 Å². The second-order valence-corrected chi connectivity index (χ2v) is 2.46. The minimum absolute atomic E-state index is 0.118. The van der Waals surface area contributed by atoms with Crippen molar-refractivity contribution in [2.75, 3.05) is 0 Å². The van der Waals surface area contributed by atoms with Crippen molar-refractivity contribution in [2.24, 2.45) is 0 Å². The number of aliphatic hydroxyl groups is 1. The number of allylic oxidation sites excluding steroid dienone is 3. The van der Waals surface area contributed by atoms with Gasteiger partial charge < -0.3 is 5.11 Å². The van der Waals surface area contributed by atoms with Gasteiger partial charge in [0.15, 0.2) is 0 Å². The first-order valence-corrected chi connectivity index (χ1v) is 3.86. The van der Waals surface area contributed by atoms with E-state index >= 15 is 0 Å². The van der Waals surface area contributed by atoms with Gasteiger partial charge in [0.2, 0.25) is 0 Å². The lowest BCUT2D eigenvalue weighted by atomic mass is 10.1. The molecule has 0 aliphatic heterocycles. The molecule has 0 aromatic carbocycles. The summed E-state index contributed by atoms with van der Waals surface area (Å²) in [4.78, 5) is 9.99. The fourth-order valence-electron chi connectivity index (χ4n) is 0.977. The molecular weight excluding hydrogens is 170 g/mol. The Balaban J connectivity index is 5.05. The van der Waals surface area contributed by atoms with Gasteiger partial charge in [-0.05, 0) is 13.8 Å². The molecule has 0 heterocycles. The van der Waals surface area contributed by atoms with E-state index in [1.807, 2.05) is 0 Å². The molecule has 0 aliphatic carbocycles. The number of nitrogens with zero attached hydrogens (tertiary/aromatic N) is 1. The largest absolute Gasteiger partial charge is 0.388 e. The number of hydrogen-bond acceptors (Lipinski definition) is 3. The molecule has 0 amide bonds. The van der Waals surface area contributed by atoms with Crippen molar-refractivity contribution in [2.45, 2.75) is 20.0 Å². The zero-order valence-electron chi connectivity index (χ0n) is 7.73. The van der Waals surface area contributed by atoms with Crippen LogP contribution in [0.3, 0.4) is 0 Å². The number of hydrogen-bond donors (Lipinski definition) is 1. The molecule has 1 unspecified atom stereocenters. The summed E-state index contributed by atoms with van der Waals surface area (Å²) in [6, 6.07) is 0. The van der Waals surface area contributed by atoms with Crippen molar-refractivity contribution in [3.05, 3.63) is 46.2 Å². The average Bonchev–Trinajstić information content (AvgIpc) is 2.03. The first kappa shape index (κ1) is 11.6. The normalized spacial score (nSPS) is 15.3. The van der Waals surface area contributed by atoms with Crippen LogP contribution in [0.4, 0.5) is 0 Å². The Morgan fingerprint density at radius 1 is 1.69 bits per heavy atom. The summed E-state index contributed by atoms with van der Waals surface area (Å²) in [6.07, 6.45) is 3.26. The maximum absolute atomic E-state index is 10.5. The highest BCUT2D eigenvalue weighted by Crippen LogP contribution is 2.14. The van der Waals surface area contributed by atoms with Crippen LogP contribution in [-0.4, -0.2) is 16.1 Å². The highest BCUT2D eigenvalue weighted by Gasteiger charge is 2.19. The number of rotatable bonds is 4. The summed E-state index contributed by atoms with van der Waals surface area (Å²) in [5.41, 5.74) is 0.178. The van der Waals surface area contributed by atoms with Gasteiger partial charge in [-0.15, -0.1) is 0 Å². The average molecular weight is 183 g/mol. The third-order valence-electron chi connectivity index (χ3n) is 1.53. The fourth-order valence-corrected chi connectivity index (χ4v) is 0.977. The second kappa shape index (κ2) is 5.27. The van der Waals surface area contributed by atoms with Crippen LogP contribution in [0.2, 0.25) is 0 Å². The van der Waals surface area contributed by atoms with Crippen LogP contribution < -0.4 is 0 Å². The monoisotopic (exact) mass is 183 g/mol. The van der Waals surface area contributed by atoms with Crippen molar-refractivity contribution >= 4 is 0 Å². The molecule has 0 bridgehead atoms. The highest BCUT2D eigenvalue weighted by atomic mass is 16.6. The van der Waals surface area contributed by atoms with E-state index < -0.39 is 11.0 Å². The van der Waals surface area contributed by atoms with Gasteiger partial charge in [-0.2, -0.15) is 0 Å². The Morgan fingerprint density at radius 3 is 2.46 bits per heavy atom. The molecular formula is C9H13NO3. The van der Waals surface area contributed by atoms with E-state index in [4.69, 9.17) is 0 Å². The van der Waals surface area contributed by atoms with Crippen LogP contribution in [-0.2, 0) is 0 Å². The van der Waals surface area contributed by atoms with Crippen molar-refractivity contribution in [3.8, 4) is 0 Å². The van der Waals surface area contributed by atoms with Gasteiger partial charge >= 0.3 is 0 Å². The highest BCUT2D eigenvalue weighted by molar-refractivity contribution is 5.29. The van der Waals surface area contributed by atoms with Gasteiger partial charge in [-0.1, -0.05) is 18.7 Å². The van der Waals surface area contributed by atoms with Gasteiger partial charge in [0.1, 0.15) is 0 Å². The quantitative estimate of drug-likeness (QED) is 0.409. The molecule has 1 atom stereocenters. The van der Waals surface area contributed by atoms with Crippen LogP contribution in [0.25, 0.3) is 0 Å². The minimum atomic E-state index is -0.846. The Kier molecular flexibility index (Phi) is 4.69. The molecule has 4 nitrogen and oxygen atoms in total. The van der Waals surface area contributed by atoms with E-state index in [0.717, 1.165) is 0 Å².